The smallest absolute Gasteiger partial charge is 0.258 e. The molecule has 4 nitrogen and oxygen atoms in total. The molecular weight excluding hydrogens is 300 g/mol. The average molecular weight is 326 g/mol. The van der Waals surface area contributed by atoms with Crippen LogP contribution in [-0.2, 0) is 0 Å². The van der Waals surface area contributed by atoms with E-state index in [0.29, 0.717) is 17.9 Å². The molecule has 0 saturated carbocycles. The second kappa shape index (κ2) is 7.67. The first-order valence-corrected chi connectivity index (χ1v) is 8.90. The molecule has 0 radical (unpaired) electrons. The van der Waals surface area contributed by atoms with Crippen molar-refractivity contribution in [1.29, 1.82) is 0 Å². The molecule has 0 unspecified atom stereocenters. The van der Waals surface area contributed by atoms with Gasteiger partial charge in [0, 0.05) is 26.2 Å². The van der Waals surface area contributed by atoms with Gasteiger partial charge in [0.1, 0.15) is 5.75 Å². The fourth-order valence-corrected chi connectivity index (χ4v) is 3.40. The number of amides is 1. The number of carbonyl (C=O) groups is 1. The van der Waals surface area contributed by atoms with Crippen molar-refractivity contribution in [3.63, 3.8) is 0 Å². The fraction of sp³-hybridized carbons (Fsp3) is 0.450. The van der Waals surface area contributed by atoms with Gasteiger partial charge >= 0.3 is 0 Å². The van der Waals surface area contributed by atoms with E-state index in [4.69, 9.17) is 4.74 Å². The Labute approximate surface area is 144 Å². The number of carbonyl (C=O) groups excluding carboxylic acids is 1. The van der Waals surface area contributed by atoms with Gasteiger partial charge in [0.2, 0.25) is 0 Å². The lowest BCUT2D eigenvalue weighted by atomic mass is 10.0. The fourth-order valence-electron chi connectivity index (χ4n) is 3.40. The van der Waals surface area contributed by atoms with Crippen molar-refractivity contribution >= 4 is 16.7 Å². The maximum atomic E-state index is 13.2. The lowest BCUT2D eigenvalue weighted by Crippen LogP contribution is -2.48. The quantitative estimate of drug-likeness (QED) is 0.844. The van der Waals surface area contributed by atoms with Crippen LogP contribution in [0.4, 0.5) is 0 Å². The van der Waals surface area contributed by atoms with Gasteiger partial charge < -0.3 is 9.64 Å². The first-order chi connectivity index (χ1) is 11.7. The molecule has 0 N–H and O–H groups in total. The van der Waals surface area contributed by atoms with Crippen LogP contribution in [0.1, 0.15) is 30.6 Å². The molecule has 24 heavy (non-hydrogen) atoms. The SMILES string of the molecule is CCCN1CCN(C(=O)c2c(OCC)ccc3ccccc23)CC1. The first-order valence-electron chi connectivity index (χ1n) is 8.90. The Bertz CT molecular complexity index is 706. The lowest BCUT2D eigenvalue weighted by Gasteiger charge is -2.35. The van der Waals surface area contributed by atoms with Gasteiger partial charge in [-0.05, 0) is 36.7 Å². The monoisotopic (exact) mass is 326 g/mol. The summed E-state index contributed by atoms with van der Waals surface area (Å²) < 4.78 is 5.76. The van der Waals surface area contributed by atoms with Crippen LogP contribution in [-0.4, -0.2) is 55.0 Å². The summed E-state index contributed by atoms with van der Waals surface area (Å²) in [7, 11) is 0. The summed E-state index contributed by atoms with van der Waals surface area (Å²) in [6.45, 7) is 9.29. The molecule has 0 bridgehead atoms. The van der Waals surface area contributed by atoms with Gasteiger partial charge in [0.15, 0.2) is 0 Å². The zero-order valence-electron chi connectivity index (χ0n) is 14.6. The number of hydrogen-bond donors (Lipinski definition) is 0. The molecule has 1 saturated heterocycles. The highest BCUT2D eigenvalue weighted by Crippen LogP contribution is 2.29. The van der Waals surface area contributed by atoms with Gasteiger partial charge in [0.25, 0.3) is 5.91 Å². The molecule has 1 heterocycles. The number of rotatable bonds is 5. The summed E-state index contributed by atoms with van der Waals surface area (Å²) in [6.07, 6.45) is 1.16. The van der Waals surface area contributed by atoms with Crippen LogP contribution in [0.5, 0.6) is 5.75 Å². The molecule has 0 aromatic heterocycles. The minimum absolute atomic E-state index is 0.0893. The van der Waals surface area contributed by atoms with Crippen molar-refractivity contribution in [1.82, 2.24) is 9.80 Å². The Hall–Kier alpha value is -2.07. The van der Waals surface area contributed by atoms with Crippen molar-refractivity contribution in [2.24, 2.45) is 0 Å². The predicted octanol–water partition coefficient (Wildman–Crippen LogP) is 3.41. The molecule has 1 aliphatic rings. The average Bonchev–Trinajstić information content (AvgIpc) is 2.62. The first kappa shape index (κ1) is 16.8. The topological polar surface area (TPSA) is 32.8 Å². The predicted molar refractivity (Wildman–Crippen MR) is 97.8 cm³/mol. The number of fused-ring (bicyclic) bond motifs is 1. The van der Waals surface area contributed by atoms with Gasteiger partial charge in [-0.25, -0.2) is 0 Å². The number of ether oxygens (including phenoxy) is 1. The van der Waals surface area contributed by atoms with Crippen LogP contribution < -0.4 is 4.74 Å². The second-order valence-electron chi connectivity index (χ2n) is 6.23. The largest absolute Gasteiger partial charge is 0.493 e. The Morgan fingerprint density at radius 2 is 1.79 bits per heavy atom. The van der Waals surface area contributed by atoms with Crippen LogP contribution >= 0.6 is 0 Å². The number of hydrogen-bond acceptors (Lipinski definition) is 3. The highest BCUT2D eigenvalue weighted by molar-refractivity contribution is 6.09. The van der Waals surface area contributed by atoms with E-state index in [9.17, 15) is 4.79 Å². The van der Waals surface area contributed by atoms with Crippen LogP contribution in [0.15, 0.2) is 36.4 Å². The number of piperazine rings is 1. The molecule has 1 fully saturated rings. The Balaban J connectivity index is 1.90. The standard InChI is InChI=1S/C20H26N2O2/c1-3-11-21-12-14-22(15-13-21)20(23)19-17-8-6-5-7-16(17)9-10-18(19)24-4-2/h5-10H,3-4,11-15H2,1-2H3. The molecule has 0 atom stereocenters. The molecule has 2 aromatic rings. The minimum Gasteiger partial charge on any atom is -0.493 e. The highest BCUT2D eigenvalue weighted by atomic mass is 16.5. The highest BCUT2D eigenvalue weighted by Gasteiger charge is 2.25. The van der Waals surface area contributed by atoms with Gasteiger partial charge in [-0.15, -0.1) is 0 Å². The third-order valence-corrected chi connectivity index (χ3v) is 4.60. The normalized spacial score (nSPS) is 15.7. The summed E-state index contributed by atoms with van der Waals surface area (Å²) in [5, 5.41) is 2.05. The summed E-state index contributed by atoms with van der Waals surface area (Å²) >= 11 is 0. The number of nitrogens with zero attached hydrogens (tertiary/aromatic N) is 2. The van der Waals surface area contributed by atoms with E-state index in [1.165, 1.54) is 0 Å². The van der Waals surface area contributed by atoms with Crippen molar-refractivity contribution in [2.45, 2.75) is 20.3 Å². The van der Waals surface area contributed by atoms with Crippen molar-refractivity contribution in [2.75, 3.05) is 39.3 Å². The molecular formula is C20H26N2O2. The Morgan fingerprint density at radius 1 is 1.04 bits per heavy atom. The van der Waals surface area contributed by atoms with Crippen molar-refractivity contribution in [3.05, 3.63) is 42.0 Å². The third kappa shape index (κ3) is 3.39. The molecule has 0 aliphatic carbocycles. The van der Waals surface area contributed by atoms with Gasteiger partial charge in [-0.1, -0.05) is 37.3 Å². The summed E-state index contributed by atoms with van der Waals surface area (Å²) in [4.78, 5) is 17.6. The van der Waals surface area contributed by atoms with E-state index in [0.717, 1.165) is 49.9 Å². The van der Waals surface area contributed by atoms with Crippen molar-refractivity contribution in [3.8, 4) is 5.75 Å². The maximum absolute atomic E-state index is 13.2. The zero-order chi connectivity index (χ0) is 16.9. The Morgan fingerprint density at radius 3 is 2.50 bits per heavy atom. The molecule has 1 aliphatic heterocycles. The van der Waals surface area contributed by atoms with Gasteiger partial charge in [0.05, 0.1) is 12.2 Å². The summed E-state index contributed by atoms with van der Waals surface area (Å²) in [6, 6.07) is 12.0. The molecule has 3 rings (SSSR count). The summed E-state index contributed by atoms with van der Waals surface area (Å²) in [5.41, 5.74) is 0.707. The third-order valence-electron chi connectivity index (χ3n) is 4.60. The molecule has 4 heteroatoms. The minimum atomic E-state index is 0.0893. The van der Waals surface area contributed by atoms with E-state index < -0.39 is 0 Å². The van der Waals surface area contributed by atoms with E-state index >= 15 is 0 Å². The Kier molecular flexibility index (Phi) is 5.36. The molecule has 0 spiro atoms. The van der Waals surface area contributed by atoms with Crippen LogP contribution in [0.25, 0.3) is 10.8 Å². The van der Waals surface area contributed by atoms with E-state index in [1.807, 2.05) is 48.2 Å². The molecule has 128 valence electrons. The summed E-state index contributed by atoms with van der Waals surface area (Å²) in [5.74, 6) is 0.781. The van der Waals surface area contributed by atoms with Crippen LogP contribution in [0.2, 0.25) is 0 Å². The van der Waals surface area contributed by atoms with Crippen molar-refractivity contribution < 1.29 is 9.53 Å². The lowest BCUT2D eigenvalue weighted by molar-refractivity contribution is 0.0635. The maximum Gasteiger partial charge on any atom is 0.258 e. The second-order valence-corrected chi connectivity index (χ2v) is 6.23. The van der Waals surface area contributed by atoms with E-state index in [1.54, 1.807) is 0 Å². The molecule has 1 amide bonds. The van der Waals surface area contributed by atoms with E-state index in [2.05, 4.69) is 11.8 Å². The van der Waals surface area contributed by atoms with Gasteiger partial charge in [-0.3, -0.25) is 9.69 Å². The molecule has 2 aromatic carbocycles. The van der Waals surface area contributed by atoms with Crippen LogP contribution in [0, 0.1) is 0 Å². The zero-order valence-corrected chi connectivity index (χ0v) is 14.6. The number of benzene rings is 2. The van der Waals surface area contributed by atoms with Crippen LogP contribution in [0.3, 0.4) is 0 Å². The van der Waals surface area contributed by atoms with Gasteiger partial charge in [-0.2, -0.15) is 0 Å². The van der Waals surface area contributed by atoms with E-state index in [-0.39, 0.29) is 5.91 Å².